The molecule has 0 amide bonds. The standard InChI is InChI=1S/C12H25N5/c1-11(2)6-5-7-14-12(16-10-13)15-8-9-17(3)4/h11H,5-9H2,1-4H3,(H2,14,15,16). The quantitative estimate of drug-likeness (QED) is 0.229. The highest BCUT2D eigenvalue weighted by atomic mass is 15.2. The predicted octanol–water partition coefficient (Wildman–Crippen LogP) is 1.00. The van der Waals surface area contributed by atoms with Gasteiger partial charge in [-0.2, -0.15) is 5.26 Å². The fraction of sp³-hybridized carbons (Fsp3) is 0.833. The van der Waals surface area contributed by atoms with E-state index in [0.29, 0.717) is 11.9 Å². The molecule has 5 heteroatoms. The molecule has 0 bridgehead atoms. The first-order valence-corrected chi connectivity index (χ1v) is 6.14. The molecular weight excluding hydrogens is 214 g/mol. The van der Waals surface area contributed by atoms with Crippen LogP contribution in [0.1, 0.15) is 26.7 Å². The summed E-state index contributed by atoms with van der Waals surface area (Å²) < 4.78 is 0. The van der Waals surface area contributed by atoms with Gasteiger partial charge in [0.2, 0.25) is 5.96 Å². The topological polar surface area (TPSA) is 63.5 Å². The SMILES string of the molecule is CC(C)CCCN=C(NC#N)NCCN(C)C. The van der Waals surface area contributed by atoms with Gasteiger partial charge in [-0.05, 0) is 32.9 Å². The highest BCUT2D eigenvalue weighted by Crippen LogP contribution is 2.02. The van der Waals surface area contributed by atoms with Crippen molar-refractivity contribution in [3.05, 3.63) is 0 Å². The maximum absolute atomic E-state index is 8.60. The Bertz CT molecular complexity index is 252. The second-order valence-corrected chi connectivity index (χ2v) is 4.73. The number of likely N-dealkylation sites (N-methyl/N-ethyl adjacent to an activating group) is 1. The fourth-order valence-electron chi connectivity index (χ4n) is 1.28. The molecule has 0 aromatic carbocycles. The van der Waals surface area contributed by atoms with Gasteiger partial charge in [-0.15, -0.1) is 0 Å². The lowest BCUT2D eigenvalue weighted by molar-refractivity contribution is 0.412. The van der Waals surface area contributed by atoms with E-state index in [2.05, 4.69) is 34.4 Å². The lowest BCUT2D eigenvalue weighted by Gasteiger charge is -2.12. The molecule has 0 radical (unpaired) electrons. The fourth-order valence-corrected chi connectivity index (χ4v) is 1.28. The average molecular weight is 239 g/mol. The van der Waals surface area contributed by atoms with Crippen molar-refractivity contribution in [3.8, 4) is 6.19 Å². The summed E-state index contributed by atoms with van der Waals surface area (Å²) in [5.41, 5.74) is 0. The monoisotopic (exact) mass is 239 g/mol. The summed E-state index contributed by atoms with van der Waals surface area (Å²) in [6, 6.07) is 0. The van der Waals surface area contributed by atoms with Crippen molar-refractivity contribution in [1.29, 1.82) is 5.26 Å². The van der Waals surface area contributed by atoms with E-state index in [-0.39, 0.29) is 0 Å². The van der Waals surface area contributed by atoms with Crippen molar-refractivity contribution < 1.29 is 0 Å². The van der Waals surface area contributed by atoms with E-state index in [4.69, 9.17) is 5.26 Å². The van der Waals surface area contributed by atoms with Crippen LogP contribution in [0.15, 0.2) is 4.99 Å². The zero-order chi connectivity index (χ0) is 13.1. The summed E-state index contributed by atoms with van der Waals surface area (Å²) in [4.78, 5) is 6.41. The number of nitriles is 1. The van der Waals surface area contributed by atoms with E-state index in [1.54, 1.807) is 0 Å². The summed E-state index contributed by atoms with van der Waals surface area (Å²) in [6.45, 7) is 6.86. The Kier molecular flexibility index (Phi) is 9.17. The molecule has 17 heavy (non-hydrogen) atoms. The second-order valence-electron chi connectivity index (χ2n) is 4.73. The van der Waals surface area contributed by atoms with E-state index in [9.17, 15) is 0 Å². The highest BCUT2D eigenvalue weighted by Gasteiger charge is 1.98. The number of nitrogens with zero attached hydrogens (tertiary/aromatic N) is 3. The smallest absolute Gasteiger partial charge is 0.204 e. The summed E-state index contributed by atoms with van der Waals surface area (Å²) in [5, 5.41) is 14.3. The largest absolute Gasteiger partial charge is 0.354 e. The molecule has 0 aliphatic rings. The third-order valence-corrected chi connectivity index (χ3v) is 2.24. The normalized spacial score (nSPS) is 11.7. The first-order chi connectivity index (χ1) is 8.06. The Hall–Kier alpha value is -1.28. The van der Waals surface area contributed by atoms with Gasteiger partial charge in [0, 0.05) is 19.6 Å². The van der Waals surface area contributed by atoms with Gasteiger partial charge >= 0.3 is 0 Å². The van der Waals surface area contributed by atoms with Crippen LogP contribution in [-0.4, -0.2) is 44.6 Å². The van der Waals surface area contributed by atoms with Crippen molar-refractivity contribution in [3.63, 3.8) is 0 Å². The zero-order valence-electron chi connectivity index (χ0n) is 11.5. The first-order valence-electron chi connectivity index (χ1n) is 6.14. The lowest BCUT2D eigenvalue weighted by atomic mass is 10.1. The molecule has 0 aromatic heterocycles. The van der Waals surface area contributed by atoms with Crippen LogP contribution in [0, 0.1) is 17.4 Å². The molecule has 0 aliphatic carbocycles. The molecule has 0 unspecified atom stereocenters. The summed E-state index contributed by atoms with van der Waals surface area (Å²) in [6.07, 6.45) is 4.13. The number of nitrogens with one attached hydrogen (secondary N) is 2. The zero-order valence-corrected chi connectivity index (χ0v) is 11.5. The molecule has 5 nitrogen and oxygen atoms in total. The molecule has 0 saturated heterocycles. The maximum Gasteiger partial charge on any atom is 0.204 e. The van der Waals surface area contributed by atoms with Crippen LogP contribution in [0.5, 0.6) is 0 Å². The van der Waals surface area contributed by atoms with Gasteiger partial charge in [0.25, 0.3) is 0 Å². The van der Waals surface area contributed by atoms with Gasteiger partial charge in [-0.25, -0.2) is 0 Å². The number of hydrogen-bond acceptors (Lipinski definition) is 3. The van der Waals surface area contributed by atoms with Crippen molar-refractivity contribution in [2.24, 2.45) is 10.9 Å². The summed E-state index contributed by atoms with van der Waals surface area (Å²) in [7, 11) is 4.03. The Morgan fingerprint density at radius 1 is 1.41 bits per heavy atom. The Balaban J connectivity index is 3.87. The van der Waals surface area contributed by atoms with Crippen molar-refractivity contribution in [2.75, 3.05) is 33.7 Å². The Morgan fingerprint density at radius 2 is 2.12 bits per heavy atom. The first kappa shape index (κ1) is 15.7. The third kappa shape index (κ3) is 11.0. The van der Waals surface area contributed by atoms with Crippen LogP contribution in [0.2, 0.25) is 0 Å². The van der Waals surface area contributed by atoms with E-state index < -0.39 is 0 Å². The van der Waals surface area contributed by atoms with E-state index in [0.717, 1.165) is 26.1 Å². The van der Waals surface area contributed by atoms with Gasteiger partial charge in [-0.3, -0.25) is 10.3 Å². The van der Waals surface area contributed by atoms with Gasteiger partial charge in [0.15, 0.2) is 6.19 Å². The van der Waals surface area contributed by atoms with Crippen LogP contribution in [0.4, 0.5) is 0 Å². The summed E-state index contributed by atoms with van der Waals surface area (Å²) >= 11 is 0. The predicted molar refractivity (Wildman–Crippen MR) is 71.7 cm³/mol. The highest BCUT2D eigenvalue weighted by molar-refractivity contribution is 5.81. The van der Waals surface area contributed by atoms with Crippen molar-refractivity contribution in [1.82, 2.24) is 15.5 Å². The van der Waals surface area contributed by atoms with Crippen molar-refractivity contribution >= 4 is 5.96 Å². The minimum absolute atomic E-state index is 0.582. The van der Waals surface area contributed by atoms with E-state index >= 15 is 0 Å². The second kappa shape index (κ2) is 9.91. The third-order valence-electron chi connectivity index (χ3n) is 2.24. The molecule has 0 aliphatic heterocycles. The minimum atomic E-state index is 0.582. The van der Waals surface area contributed by atoms with Crippen LogP contribution >= 0.6 is 0 Å². The van der Waals surface area contributed by atoms with Crippen LogP contribution in [-0.2, 0) is 0 Å². The average Bonchev–Trinajstić information content (AvgIpc) is 2.23. The molecule has 0 heterocycles. The van der Waals surface area contributed by atoms with Gasteiger partial charge in [0.05, 0.1) is 0 Å². The molecule has 98 valence electrons. The van der Waals surface area contributed by atoms with Gasteiger partial charge < -0.3 is 10.2 Å². The number of rotatable bonds is 7. The Labute approximate surface area is 105 Å². The molecule has 0 atom stereocenters. The number of hydrogen-bond donors (Lipinski definition) is 2. The lowest BCUT2D eigenvalue weighted by Crippen LogP contribution is -2.38. The molecule has 0 spiro atoms. The van der Waals surface area contributed by atoms with Gasteiger partial charge in [-0.1, -0.05) is 13.8 Å². The van der Waals surface area contributed by atoms with Gasteiger partial charge in [0.1, 0.15) is 0 Å². The Morgan fingerprint density at radius 3 is 2.65 bits per heavy atom. The molecule has 2 N–H and O–H groups in total. The molecular formula is C12H25N5. The van der Waals surface area contributed by atoms with Crippen LogP contribution in [0.25, 0.3) is 0 Å². The molecule has 0 saturated carbocycles. The van der Waals surface area contributed by atoms with E-state index in [1.165, 1.54) is 6.42 Å². The van der Waals surface area contributed by atoms with Crippen LogP contribution in [0.3, 0.4) is 0 Å². The van der Waals surface area contributed by atoms with E-state index in [1.807, 2.05) is 20.3 Å². The maximum atomic E-state index is 8.60. The van der Waals surface area contributed by atoms with Crippen molar-refractivity contribution in [2.45, 2.75) is 26.7 Å². The minimum Gasteiger partial charge on any atom is -0.354 e. The molecule has 0 aromatic rings. The molecule has 0 rings (SSSR count). The van der Waals surface area contributed by atoms with Crippen LogP contribution < -0.4 is 10.6 Å². The number of guanidine groups is 1. The molecule has 0 fully saturated rings. The number of aliphatic imine (C=N–C) groups is 1. The summed E-state index contributed by atoms with van der Waals surface area (Å²) in [5.74, 6) is 1.29.